The van der Waals surface area contributed by atoms with E-state index < -0.39 is 0 Å². The van der Waals surface area contributed by atoms with Gasteiger partial charge in [-0.15, -0.1) is 0 Å². The fraction of sp³-hybridized carbons (Fsp3) is 0.316. The lowest BCUT2D eigenvalue weighted by Gasteiger charge is -2.17. The van der Waals surface area contributed by atoms with E-state index in [1.807, 2.05) is 37.3 Å². The summed E-state index contributed by atoms with van der Waals surface area (Å²) in [6.45, 7) is 14.0. The van der Waals surface area contributed by atoms with Crippen molar-refractivity contribution in [2.24, 2.45) is 5.92 Å². The molecule has 0 spiro atoms. The summed E-state index contributed by atoms with van der Waals surface area (Å²) in [5.41, 5.74) is 10.9. The molecule has 4 aromatic carbocycles. The Bertz CT molecular complexity index is 1660. The van der Waals surface area contributed by atoms with E-state index in [4.69, 9.17) is 0 Å². The monoisotopic (exact) mass is 527 g/mol. The summed E-state index contributed by atoms with van der Waals surface area (Å²) in [5, 5.41) is 2.33. The molecule has 1 atom stereocenters. The quantitative estimate of drug-likeness (QED) is 0.166. The lowest BCUT2D eigenvalue weighted by Crippen LogP contribution is -2.10. The first kappa shape index (κ1) is 27.9. The van der Waals surface area contributed by atoms with Crippen LogP contribution in [0.4, 0.5) is 0 Å². The third-order valence-electron chi connectivity index (χ3n) is 8.45. The van der Waals surface area contributed by atoms with E-state index in [1.165, 1.54) is 52.4 Å². The van der Waals surface area contributed by atoms with Crippen LogP contribution in [0.15, 0.2) is 72.8 Å². The van der Waals surface area contributed by atoms with Gasteiger partial charge in [0.05, 0.1) is 6.42 Å². The van der Waals surface area contributed by atoms with Gasteiger partial charge in [-0.05, 0) is 98.2 Å². The lowest BCUT2D eigenvalue weighted by atomic mass is 9.93. The van der Waals surface area contributed by atoms with E-state index in [2.05, 4.69) is 88.1 Å². The zero-order chi connectivity index (χ0) is 28.4. The molecule has 0 amide bonds. The number of hydrogen-bond donors (Lipinski definition) is 0. The minimum absolute atomic E-state index is 0.0791. The average Bonchev–Trinajstić information content (AvgIpc) is 3.24. The Morgan fingerprint density at radius 3 is 2.15 bits per heavy atom. The van der Waals surface area contributed by atoms with Crippen LogP contribution in [0.5, 0.6) is 0 Å². The van der Waals surface area contributed by atoms with Gasteiger partial charge < -0.3 is 4.57 Å². The highest BCUT2D eigenvalue weighted by atomic mass is 16.1. The summed E-state index contributed by atoms with van der Waals surface area (Å²) in [7, 11) is 0. The third-order valence-corrected chi connectivity index (χ3v) is 8.45. The number of nitrogens with zero attached hydrogens (tertiary/aromatic N) is 1. The summed E-state index contributed by atoms with van der Waals surface area (Å²) in [6.07, 6.45) is 8.59. The summed E-state index contributed by atoms with van der Waals surface area (Å²) in [4.78, 5) is 13.6. The number of aromatic nitrogens is 1. The fourth-order valence-electron chi connectivity index (χ4n) is 6.20. The molecule has 5 rings (SSSR count). The summed E-state index contributed by atoms with van der Waals surface area (Å²) < 4.78 is 2.49. The first-order valence-electron chi connectivity index (χ1n) is 14.8. The van der Waals surface area contributed by atoms with Crippen molar-refractivity contribution in [1.82, 2.24) is 4.57 Å². The molecule has 0 saturated heterocycles. The van der Waals surface area contributed by atoms with E-state index >= 15 is 0 Å². The number of benzene rings is 4. The number of fused-ring (bicyclic) bond motifs is 3. The van der Waals surface area contributed by atoms with E-state index in [-0.39, 0.29) is 5.78 Å². The van der Waals surface area contributed by atoms with Crippen molar-refractivity contribution in [2.45, 2.75) is 73.8 Å². The maximum atomic E-state index is 13.6. The first-order chi connectivity index (χ1) is 19.3. The van der Waals surface area contributed by atoms with Crippen LogP contribution in [-0.4, -0.2) is 10.4 Å². The Kier molecular flexibility index (Phi) is 8.26. The Morgan fingerprint density at radius 1 is 0.800 bits per heavy atom. The van der Waals surface area contributed by atoms with Crippen molar-refractivity contribution >= 4 is 27.6 Å². The number of unbranched alkanes of at least 4 members (excludes halogenated alkanes) is 1. The molecule has 0 aliphatic carbocycles. The van der Waals surface area contributed by atoms with Crippen molar-refractivity contribution in [1.29, 1.82) is 0 Å². The van der Waals surface area contributed by atoms with Crippen LogP contribution in [0.3, 0.4) is 0 Å². The zero-order valence-electron chi connectivity index (χ0n) is 24.9. The van der Waals surface area contributed by atoms with Crippen molar-refractivity contribution in [3.63, 3.8) is 0 Å². The van der Waals surface area contributed by atoms with Gasteiger partial charge >= 0.3 is 0 Å². The number of rotatable bonds is 10. The second kappa shape index (κ2) is 11.8. The maximum absolute atomic E-state index is 13.6. The van der Waals surface area contributed by atoms with E-state index in [1.54, 1.807) is 0 Å². The number of hydrogen-bond acceptors (Lipinski definition) is 1. The van der Waals surface area contributed by atoms with Crippen LogP contribution < -0.4 is 0 Å². The van der Waals surface area contributed by atoms with Gasteiger partial charge in [-0.2, -0.15) is 0 Å². The summed E-state index contributed by atoms with van der Waals surface area (Å²) >= 11 is 0. The van der Waals surface area contributed by atoms with Gasteiger partial charge in [0.1, 0.15) is 0 Å². The number of aryl methyl sites for hydroxylation is 4. The fourth-order valence-corrected chi connectivity index (χ4v) is 6.20. The highest BCUT2D eigenvalue weighted by molar-refractivity contribution is 6.15. The number of carbonyl (C=O) groups excluding carboxylic acids is 1. The highest BCUT2D eigenvalue weighted by Gasteiger charge is 2.19. The first-order valence-corrected chi connectivity index (χ1v) is 14.8. The van der Waals surface area contributed by atoms with Gasteiger partial charge in [-0.1, -0.05) is 81.1 Å². The molecule has 1 aromatic heterocycles. The minimum atomic E-state index is 0.0791. The molecule has 40 heavy (non-hydrogen) atoms. The topological polar surface area (TPSA) is 22.0 Å². The molecule has 2 heteroatoms. The molecule has 0 aliphatic rings. The number of carbonyl (C=O) groups is 1. The van der Waals surface area contributed by atoms with Crippen LogP contribution in [-0.2, 0) is 6.54 Å². The Balaban J connectivity index is 1.64. The molecule has 1 unspecified atom stereocenters. The second-order valence-electron chi connectivity index (χ2n) is 11.5. The molecule has 204 valence electrons. The second-order valence-corrected chi connectivity index (χ2v) is 11.5. The predicted molar refractivity (Wildman–Crippen MR) is 169 cm³/mol. The smallest absolute Gasteiger partial charge is 0.193 e. The standard InChI is InChI=1S/C38H41NO/c1-7-9-13-29(8-2)24-39-36-17-15-30(21-33-27(5)19-25(3)20-28(33)6)22-34(36)35-23-31(16-18-37(35)39)38(40)32-14-11-10-12-26(32)4/h10-12,14-20,22-23,29H,7-9,13,24H2,1-6H3. The van der Waals surface area contributed by atoms with E-state index in [0.29, 0.717) is 5.92 Å². The van der Waals surface area contributed by atoms with E-state index in [0.717, 1.165) is 46.2 Å². The van der Waals surface area contributed by atoms with Crippen LogP contribution in [0.1, 0.15) is 88.8 Å². The van der Waals surface area contributed by atoms with Crippen LogP contribution >= 0.6 is 0 Å². The van der Waals surface area contributed by atoms with Gasteiger partial charge in [0.25, 0.3) is 0 Å². The Labute approximate surface area is 240 Å². The lowest BCUT2D eigenvalue weighted by molar-refractivity contribution is 0.103. The van der Waals surface area contributed by atoms with Crippen LogP contribution in [0.25, 0.3) is 21.8 Å². The molecule has 1 heterocycles. The van der Waals surface area contributed by atoms with Gasteiger partial charge in [0.15, 0.2) is 5.78 Å². The van der Waals surface area contributed by atoms with Crippen LogP contribution in [0, 0.1) is 40.0 Å². The molecular weight excluding hydrogens is 486 g/mol. The van der Waals surface area contributed by atoms with Crippen molar-refractivity contribution in [3.8, 4) is 0 Å². The maximum Gasteiger partial charge on any atom is 0.193 e. The summed E-state index contributed by atoms with van der Waals surface area (Å²) in [5.74, 6) is 0.707. The molecule has 0 fully saturated rings. The largest absolute Gasteiger partial charge is 0.340 e. The molecular formula is C38H41NO. The molecule has 2 radical (unpaired) electrons. The van der Waals surface area contributed by atoms with Crippen molar-refractivity contribution in [2.75, 3.05) is 0 Å². The zero-order valence-corrected chi connectivity index (χ0v) is 24.9. The van der Waals surface area contributed by atoms with Crippen molar-refractivity contribution < 1.29 is 4.79 Å². The molecule has 2 nitrogen and oxygen atoms in total. The molecule has 0 N–H and O–H groups in total. The van der Waals surface area contributed by atoms with E-state index in [9.17, 15) is 4.79 Å². The minimum Gasteiger partial charge on any atom is -0.340 e. The Morgan fingerprint density at radius 2 is 1.48 bits per heavy atom. The van der Waals surface area contributed by atoms with Crippen molar-refractivity contribution in [3.05, 3.63) is 124 Å². The normalized spacial score (nSPS) is 12.3. The molecule has 5 aromatic rings. The number of ketones is 1. The SMILES string of the molecule is CCCCC(CC)Cn1c2ccc([C]c3c(C)cc(C)cc3C)cc2c2cc(C(=O)c3ccccc3C)ccc21. The molecule has 0 saturated carbocycles. The van der Waals surface area contributed by atoms with Gasteiger partial charge in [0.2, 0.25) is 0 Å². The average molecular weight is 528 g/mol. The van der Waals surface area contributed by atoms with Gasteiger partial charge in [-0.3, -0.25) is 4.79 Å². The molecule has 0 bridgehead atoms. The highest BCUT2D eigenvalue weighted by Crippen LogP contribution is 2.34. The predicted octanol–water partition coefficient (Wildman–Crippen LogP) is 9.95. The molecule has 0 aliphatic heterocycles. The van der Waals surface area contributed by atoms with Crippen LogP contribution in [0.2, 0.25) is 0 Å². The Hall–Kier alpha value is -3.65. The third kappa shape index (κ3) is 5.50. The van der Waals surface area contributed by atoms with Gasteiger partial charge in [-0.25, -0.2) is 0 Å². The summed E-state index contributed by atoms with van der Waals surface area (Å²) in [6, 6.07) is 25.3. The van der Waals surface area contributed by atoms with Gasteiger partial charge in [0, 0.05) is 39.5 Å².